The Bertz CT molecular complexity index is 407. The van der Waals surface area contributed by atoms with Crippen LogP contribution >= 0.6 is 0 Å². The summed E-state index contributed by atoms with van der Waals surface area (Å²) in [7, 11) is 1.57. The van der Waals surface area contributed by atoms with Gasteiger partial charge in [0.1, 0.15) is 18.3 Å². The minimum Gasteiger partial charge on any atom is -0.388 e. The van der Waals surface area contributed by atoms with Crippen LogP contribution in [0.15, 0.2) is 0 Å². The Morgan fingerprint density at radius 2 is 1.67 bits per heavy atom. The highest BCUT2D eigenvalue weighted by Crippen LogP contribution is 2.21. The van der Waals surface area contributed by atoms with Crippen molar-refractivity contribution in [2.45, 2.75) is 63.3 Å². The first-order valence-electron chi connectivity index (χ1n) is 8.15. The molecule has 2 amide bonds. The Kier molecular flexibility index (Phi) is 9.16. The van der Waals surface area contributed by atoms with Crippen LogP contribution in [0.5, 0.6) is 0 Å². The number of aliphatic hydroxyl groups excluding tert-OH is 3. The third kappa shape index (κ3) is 6.70. The van der Waals surface area contributed by atoms with Crippen LogP contribution in [0.25, 0.3) is 0 Å². The standard InChI is InChI=1S/C15H28N2O7/c1-9-12(20)13(21)14(22)15(24-9)23-8-7-17-11(19)6-4-3-5-10(18)16-2/h9,12-15,20-22H,3-8H2,1-2H3,(H,16,18)(H,17,19)/t9-,12+,13+,14-,15+/m0/s1. The molecule has 1 aliphatic rings. The third-order valence-corrected chi connectivity index (χ3v) is 3.85. The Labute approximate surface area is 141 Å². The lowest BCUT2D eigenvalue weighted by atomic mass is 10.0. The minimum atomic E-state index is -1.35. The second kappa shape index (κ2) is 10.6. The number of hydrogen-bond donors (Lipinski definition) is 5. The van der Waals surface area contributed by atoms with Crippen molar-refractivity contribution in [3.8, 4) is 0 Å². The predicted octanol–water partition coefficient (Wildman–Crippen LogP) is -1.75. The Hall–Kier alpha value is -1.26. The van der Waals surface area contributed by atoms with Crippen LogP contribution in [0.1, 0.15) is 32.6 Å². The molecule has 5 N–H and O–H groups in total. The number of nitrogens with one attached hydrogen (secondary N) is 2. The molecular weight excluding hydrogens is 320 g/mol. The van der Waals surface area contributed by atoms with Crippen molar-refractivity contribution < 1.29 is 34.4 Å². The summed E-state index contributed by atoms with van der Waals surface area (Å²) in [5.74, 6) is -0.194. The molecule has 0 aliphatic carbocycles. The van der Waals surface area contributed by atoms with Gasteiger partial charge in [-0.1, -0.05) is 0 Å². The average Bonchev–Trinajstić information content (AvgIpc) is 2.57. The van der Waals surface area contributed by atoms with E-state index in [0.717, 1.165) is 0 Å². The number of hydrogen-bond acceptors (Lipinski definition) is 7. The largest absolute Gasteiger partial charge is 0.388 e. The Morgan fingerprint density at radius 3 is 2.29 bits per heavy atom. The van der Waals surface area contributed by atoms with E-state index in [1.165, 1.54) is 0 Å². The fourth-order valence-electron chi connectivity index (χ4n) is 2.30. The summed E-state index contributed by atoms with van der Waals surface area (Å²) in [4.78, 5) is 22.6. The summed E-state index contributed by atoms with van der Waals surface area (Å²) in [5.41, 5.74) is 0. The number of carbonyl (C=O) groups is 2. The first-order chi connectivity index (χ1) is 11.4. The van der Waals surface area contributed by atoms with Crippen molar-refractivity contribution in [3.63, 3.8) is 0 Å². The number of unbranched alkanes of at least 4 members (excludes halogenated alkanes) is 1. The third-order valence-electron chi connectivity index (χ3n) is 3.85. The van der Waals surface area contributed by atoms with Gasteiger partial charge >= 0.3 is 0 Å². The normalized spacial score (nSPS) is 30.0. The summed E-state index contributed by atoms with van der Waals surface area (Å²) < 4.78 is 10.6. The molecule has 1 aliphatic heterocycles. The van der Waals surface area contributed by atoms with Gasteiger partial charge in [0.2, 0.25) is 11.8 Å². The molecule has 1 rings (SSSR count). The number of ether oxygens (including phenoxy) is 2. The van der Waals surface area contributed by atoms with Crippen LogP contribution < -0.4 is 10.6 Å². The Morgan fingerprint density at radius 1 is 1.04 bits per heavy atom. The summed E-state index contributed by atoms with van der Waals surface area (Å²) in [6.45, 7) is 1.89. The zero-order valence-electron chi connectivity index (χ0n) is 14.1. The molecule has 0 unspecified atom stereocenters. The molecule has 1 saturated heterocycles. The molecule has 9 heteroatoms. The highest BCUT2D eigenvalue weighted by atomic mass is 16.7. The second-order valence-electron chi connectivity index (χ2n) is 5.78. The molecule has 0 saturated carbocycles. The van der Waals surface area contributed by atoms with E-state index in [4.69, 9.17) is 9.47 Å². The van der Waals surface area contributed by atoms with Crippen LogP contribution in [0.4, 0.5) is 0 Å². The maximum Gasteiger partial charge on any atom is 0.220 e. The fraction of sp³-hybridized carbons (Fsp3) is 0.867. The van der Waals surface area contributed by atoms with Crippen molar-refractivity contribution in [2.24, 2.45) is 0 Å². The maximum atomic E-state index is 11.6. The van der Waals surface area contributed by atoms with E-state index in [1.54, 1.807) is 14.0 Å². The van der Waals surface area contributed by atoms with Gasteiger partial charge in [0, 0.05) is 26.4 Å². The van der Waals surface area contributed by atoms with Gasteiger partial charge in [-0.25, -0.2) is 0 Å². The molecule has 1 heterocycles. The molecule has 0 bridgehead atoms. The topological polar surface area (TPSA) is 137 Å². The summed E-state index contributed by atoms with van der Waals surface area (Å²) in [6, 6.07) is 0. The van der Waals surface area contributed by atoms with Crippen molar-refractivity contribution in [3.05, 3.63) is 0 Å². The van der Waals surface area contributed by atoms with Gasteiger partial charge < -0.3 is 35.4 Å². The van der Waals surface area contributed by atoms with Crippen LogP contribution in [0.2, 0.25) is 0 Å². The maximum absolute atomic E-state index is 11.6. The fourth-order valence-corrected chi connectivity index (χ4v) is 2.30. The molecule has 9 nitrogen and oxygen atoms in total. The van der Waals surface area contributed by atoms with E-state index < -0.39 is 30.7 Å². The van der Waals surface area contributed by atoms with Gasteiger partial charge in [-0.05, 0) is 19.8 Å². The van der Waals surface area contributed by atoms with Crippen molar-refractivity contribution in [1.82, 2.24) is 10.6 Å². The molecule has 0 aromatic heterocycles. The number of carbonyl (C=O) groups excluding carboxylic acids is 2. The first kappa shape index (κ1) is 20.8. The number of amides is 2. The van der Waals surface area contributed by atoms with Gasteiger partial charge in [0.05, 0.1) is 12.7 Å². The molecule has 5 atom stereocenters. The van der Waals surface area contributed by atoms with Crippen molar-refractivity contribution >= 4 is 11.8 Å². The van der Waals surface area contributed by atoms with Gasteiger partial charge in [-0.2, -0.15) is 0 Å². The molecule has 0 radical (unpaired) electrons. The quantitative estimate of drug-likeness (QED) is 0.312. The molecular formula is C15H28N2O7. The summed E-state index contributed by atoms with van der Waals surface area (Å²) in [5, 5.41) is 34.1. The van der Waals surface area contributed by atoms with Crippen LogP contribution in [-0.4, -0.2) is 78.0 Å². The van der Waals surface area contributed by atoms with Gasteiger partial charge in [-0.15, -0.1) is 0 Å². The monoisotopic (exact) mass is 348 g/mol. The molecule has 1 fully saturated rings. The average molecular weight is 348 g/mol. The summed E-state index contributed by atoms with van der Waals surface area (Å²) >= 11 is 0. The van der Waals surface area contributed by atoms with E-state index in [0.29, 0.717) is 25.7 Å². The van der Waals surface area contributed by atoms with E-state index in [1.807, 2.05) is 0 Å². The van der Waals surface area contributed by atoms with E-state index in [9.17, 15) is 24.9 Å². The summed E-state index contributed by atoms with van der Waals surface area (Å²) in [6.07, 6.45) is -3.60. The van der Waals surface area contributed by atoms with Gasteiger partial charge in [-0.3, -0.25) is 9.59 Å². The highest BCUT2D eigenvalue weighted by Gasteiger charge is 2.42. The molecule has 0 spiro atoms. The van der Waals surface area contributed by atoms with Crippen LogP contribution in [-0.2, 0) is 19.1 Å². The molecule has 24 heavy (non-hydrogen) atoms. The van der Waals surface area contributed by atoms with Gasteiger partial charge in [0.25, 0.3) is 0 Å². The Balaban J connectivity index is 2.12. The second-order valence-corrected chi connectivity index (χ2v) is 5.78. The van der Waals surface area contributed by atoms with Gasteiger partial charge in [0.15, 0.2) is 6.29 Å². The van der Waals surface area contributed by atoms with E-state index >= 15 is 0 Å². The SMILES string of the molecule is CNC(=O)CCCCC(=O)NCCO[C@@H]1O[C@@H](C)[C@@H](O)[C@@H](O)[C@@H]1O. The molecule has 0 aromatic carbocycles. The number of rotatable bonds is 9. The molecule has 0 aromatic rings. The predicted molar refractivity (Wildman–Crippen MR) is 83.9 cm³/mol. The lowest BCUT2D eigenvalue weighted by molar-refractivity contribution is -0.292. The smallest absolute Gasteiger partial charge is 0.220 e. The highest BCUT2D eigenvalue weighted by molar-refractivity contribution is 5.76. The van der Waals surface area contributed by atoms with Crippen LogP contribution in [0, 0.1) is 0 Å². The molecule has 140 valence electrons. The van der Waals surface area contributed by atoms with Crippen molar-refractivity contribution in [1.29, 1.82) is 0 Å². The van der Waals surface area contributed by atoms with E-state index in [2.05, 4.69) is 10.6 Å². The minimum absolute atomic E-state index is 0.0450. The zero-order chi connectivity index (χ0) is 18.1. The van der Waals surface area contributed by atoms with Crippen molar-refractivity contribution in [2.75, 3.05) is 20.2 Å². The lowest BCUT2D eigenvalue weighted by Gasteiger charge is -2.38. The lowest BCUT2D eigenvalue weighted by Crippen LogP contribution is -2.57. The zero-order valence-corrected chi connectivity index (χ0v) is 14.1. The van der Waals surface area contributed by atoms with Crippen LogP contribution in [0.3, 0.4) is 0 Å². The first-order valence-corrected chi connectivity index (χ1v) is 8.15. The number of aliphatic hydroxyl groups is 3. The van der Waals surface area contributed by atoms with E-state index in [-0.39, 0.29) is 25.0 Å².